The van der Waals surface area contributed by atoms with Gasteiger partial charge in [-0.15, -0.1) is 0 Å². The van der Waals surface area contributed by atoms with Crippen molar-refractivity contribution in [2.75, 3.05) is 18.0 Å². The van der Waals surface area contributed by atoms with Gasteiger partial charge in [0, 0.05) is 6.07 Å². The van der Waals surface area contributed by atoms with E-state index in [-0.39, 0.29) is 4.90 Å². The fourth-order valence-electron chi connectivity index (χ4n) is 2.09. The van der Waals surface area contributed by atoms with E-state index in [4.69, 9.17) is 10.6 Å². The molecule has 0 heterocycles. The number of nitrogens with zero attached hydrogens (tertiary/aromatic N) is 1. The highest BCUT2D eigenvalue weighted by Gasteiger charge is 2.27. The molecule has 24 heavy (non-hydrogen) atoms. The van der Waals surface area contributed by atoms with Crippen LogP contribution in [0.15, 0.2) is 53.4 Å². The molecule has 0 radical (unpaired) electrons. The Labute approximate surface area is 141 Å². The van der Waals surface area contributed by atoms with Crippen molar-refractivity contribution in [3.63, 3.8) is 0 Å². The molecule has 1 amide bonds. The van der Waals surface area contributed by atoms with Gasteiger partial charge in [-0.3, -0.25) is 14.5 Å². The Balaban J connectivity index is 2.52. The number of ether oxygens (including phenoxy) is 1. The molecule has 8 heteroatoms. The van der Waals surface area contributed by atoms with Crippen molar-refractivity contribution in [1.82, 2.24) is 5.43 Å². The minimum atomic E-state index is -3.94. The number of hydrazine groups is 1. The number of nitrogens with one attached hydrogen (secondary N) is 1. The fraction of sp³-hybridized carbons (Fsp3) is 0.188. The molecular formula is C16H19N3O4S. The Hall–Kier alpha value is -2.58. The molecule has 0 saturated heterocycles. The highest BCUT2D eigenvalue weighted by molar-refractivity contribution is 7.92. The maximum atomic E-state index is 13.0. The highest BCUT2D eigenvalue weighted by atomic mass is 32.2. The van der Waals surface area contributed by atoms with Crippen LogP contribution in [0.1, 0.15) is 5.56 Å². The molecule has 0 atom stereocenters. The summed E-state index contributed by atoms with van der Waals surface area (Å²) in [5.41, 5.74) is 3.19. The van der Waals surface area contributed by atoms with Gasteiger partial charge in [0.05, 0.1) is 17.7 Å². The van der Waals surface area contributed by atoms with Crippen molar-refractivity contribution in [1.29, 1.82) is 0 Å². The average molecular weight is 349 g/mol. The number of anilines is 1. The van der Waals surface area contributed by atoms with Crippen LogP contribution in [0.3, 0.4) is 0 Å². The summed E-state index contributed by atoms with van der Waals surface area (Å²) >= 11 is 0. The molecule has 2 rings (SSSR count). The maximum Gasteiger partial charge on any atom is 0.264 e. The molecule has 0 spiro atoms. The van der Waals surface area contributed by atoms with E-state index < -0.39 is 22.5 Å². The van der Waals surface area contributed by atoms with Crippen molar-refractivity contribution in [3.8, 4) is 5.75 Å². The van der Waals surface area contributed by atoms with Crippen LogP contribution in [0, 0.1) is 6.92 Å². The summed E-state index contributed by atoms with van der Waals surface area (Å²) in [4.78, 5) is 11.8. The molecule has 2 aromatic rings. The Morgan fingerprint density at radius 2 is 1.88 bits per heavy atom. The molecule has 0 aliphatic rings. The summed E-state index contributed by atoms with van der Waals surface area (Å²) < 4.78 is 32.0. The first-order chi connectivity index (χ1) is 11.4. The zero-order chi connectivity index (χ0) is 17.7. The highest BCUT2D eigenvalue weighted by Crippen LogP contribution is 2.26. The lowest BCUT2D eigenvalue weighted by Crippen LogP contribution is -2.43. The largest absolute Gasteiger partial charge is 0.497 e. The van der Waals surface area contributed by atoms with E-state index in [0.717, 1.165) is 9.87 Å². The van der Waals surface area contributed by atoms with Crippen molar-refractivity contribution < 1.29 is 17.9 Å². The number of amides is 1. The van der Waals surface area contributed by atoms with Gasteiger partial charge in [0.1, 0.15) is 12.3 Å². The molecule has 2 aromatic carbocycles. The molecule has 0 aliphatic carbocycles. The van der Waals surface area contributed by atoms with Crippen molar-refractivity contribution in [2.24, 2.45) is 5.84 Å². The first-order valence-electron chi connectivity index (χ1n) is 7.11. The molecule has 0 aliphatic heterocycles. The molecule has 0 aromatic heterocycles. The van der Waals surface area contributed by atoms with E-state index in [1.807, 2.05) is 12.3 Å². The number of benzene rings is 2. The van der Waals surface area contributed by atoms with Crippen LogP contribution >= 0.6 is 0 Å². The summed E-state index contributed by atoms with van der Waals surface area (Å²) in [7, 11) is -2.46. The third-order valence-corrected chi connectivity index (χ3v) is 5.19. The van der Waals surface area contributed by atoms with Crippen LogP contribution in [0.4, 0.5) is 5.69 Å². The zero-order valence-electron chi connectivity index (χ0n) is 13.4. The van der Waals surface area contributed by atoms with Gasteiger partial charge >= 0.3 is 0 Å². The summed E-state index contributed by atoms with van der Waals surface area (Å²) in [6.07, 6.45) is 0. The van der Waals surface area contributed by atoms with Gasteiger partial charge in [0.25, 0.3) is 15.9 Å². The molecule has 0 fully saturated rings. The quantitative estimate of drug-likeness (QED) is 0.463. The number of nitrogens with two attached hydrogens (primary N) is 1. The lowest BCUT2D eigenvalue weighted by Gasteiger charge is -2.24. The Kier molecular flexibility index (Phi) is 5.42. The summed E-state index contributed by atoms with van der Waals surface area (Å²) in [6, 6.07) is 12.8. The predicted octanol–water partition coefficient (Wildman–Crippen LogP) is 1.19. The Morgan fingerprint density at radius 3 is 2.46 bits per heavy atom. The van der Waals surface area contributed by atoms with Crippen molar-refractivity contribution in [2.45, 2.75) is 11.8 Å². The molecular weight excluding hydrogens is 330 g/mol. The van der Waals surface area contributed by atoms with Gasteiger partial charge in [0.15, 0.2) is 0 Å². The molecule has 7 nitrogen and oxygen atoms in total. The number of hydrogen-bond acceptors (Lipinski definition) is 5. The molecule has 0 unspecified atom stereocenters. The summed E-state index contributed by atoms with van der Waals surface area (Å²) in [6.45, 7) is 1.41. The normalized spacial score (nSPS) is 11.0. The van der Waals surface area contributed by atoms with Gasteiger partial charge in [-0.1, -0.05) is 23.8 Å². The number of aryl methyl sites for hydroxylation is 1. The van der Waals surface area contributed by atoms with Crippen LogP contribution in [0.25, 0.3) is 0 Å². The second-order valence-corrected chi connectivity index (χ2v) is 6.96. The van der Waals surface area contributed by atoms with Gasteiger partial charge in [-0.2, -0.15) is 0 Å². The van der Waals surface area contributed by atoms with E-state index in [1.165, 1.54) is 25.3 Å². The van der Waals surface area contributed by atoms with Gasteiger partial charge in [0.2, 0.25) is 0 Å². The zero-order valence-corrected chi connectivity index (χ0v) is 14.2. The van der Waals surface area contributed by atoms with E-state index in [9.17, 15) is 13.2 Å². The van der Waals surface area contributed by atoms with Crippen LogP contribution in [-0.4, -0.2) is 28.0 Å². The number of carbonyl (C=O) groups excluding carboxylic acids is 1. The molecule has 0 saturated carbocycles. The van der Waals surface area contributed by atoms with E-state index in [1.54, 1.807) is 30.3 Å². The lowest BCUT2D eigenvalue weighted by molar-refractivity contribution is -0.119. The monoisotopic (exact) mass is 349 g/mol. The first kappa shape index (κ1) is 17.8. The number of methoxy groups -OCH3 is 1. The second-order valence-electron chi connectivity index (χ2n) is 5.09. The van der Waals surface area contributed by atoms with Gasteiger partial charge < -0.3 is 4.74 Å². The van der Waals surface area contributed by atoms with Gasteiger partial charge in [-0.25, -0.2) is 14.3 Å². The number of carbonyl (C=O) groups is 1. The molecule has 0 bridgehead atoms. The second kappa shape index (κ2) is 7.33. The van der Waals surface area contributed by atoms with Crippen LogP contribution in [0.5, 0.6) is 5.75 Å². The SMILES string of the molecule is COc1cccc(N(CC(=O)NN)S(=O)(=O)c2ccc(C)cc2)c1. The smallest absolute Gasteiger partial charge is 0.264 e. The maximum absolute atomic E-state index is 13.0. The number of hydrogen-bond donors (Lipinski definition) is 2. The van der Waals surface area contributed by atoms with Crippen LogP contribution in [0.2, 0.25) is 0 Å². The van der Waals surface area contributed by atoms with Crippen LogP contribution < -0.4 is 20.3 Å². The average Bonchev–Trinajstić information content (AvgIpc) is 2.59. The third kappa shape index (κ3) is 3.84. The van der Waals surface area contributed by atoms with E-state index >= 15 is 0 Å². The fourth-order valence-corrected chi connectivity index (χ4v) is 3.51. The first-order valence-corrected chi connectivity index (χ1v) is 8.55. The molecule has 128 valence electrons. The van der Waals surface area contributed by atoms with Gasteiger partial charge in [-0.05, 0) is 31.2 Å². The minimum absolute atomic E-state index is 0.0840. The van der Waals surface area contributed by atoms with E-state index in [2.05, 4.69) is 0 Å². The van der Waals surface area contributed by atoms with E-state index in [0.29, 0.717) is 11.4 Å². The number of sulfonamides is 1. The molecule has 3 N–H and O–H groups in total. The Morgan fingerprint density at radius 1 is 1.21 bits per heavy atom. The predicted molar refractivity (Wildman–Crippen MR) is 91.0 cm³/mol. The van der Waals surface area contributed by atoms with Crippen molar-refractivity contribution >= 4 is 21.6 Å². The van der Waals surface area contributed by atoms with Crippen molar-refractivity contribution in [3.05, 3.63) is 54.1 Å². The third-order valence-electron chi connectivity index (χ3n) is 3.40. The van der Waals surface area contributed by atoms with Crippen LogP contribution in [-0.2, 0) is 14.8 Å². The Bertz CT molecular complexity index is 819. The minimum Gasteiger partial charge on any atom is -0.497 e. The summed E-state index contributed by atoms with van der Waals surface area (Å²) in [5.74, 6) is 4.96. The topological polar surface area (TPSA) is 102 Å². The standard InChI is InChI=1S/C16H19N3O4S/c1-12-6-8-15(9-7-12)24(21,22)19(11-16(20)18-17)13-4-3-5-14(10-13)23-2/h3-10H,11,17H2,1-2H3,(H,18,20). The lowest BCUT2D eigenvalue weighted by atomic mass is 10.2. The summed E-state index contributed by atoms with van der Waals surface area (Å²) in [5, 5.41) is 0. The number of rotatable bonds is 6.